The van der Waals surface area contributed by atoms with Crippen LogP contribution in [0.3, 0.4) is 0 Å². The van der Waals surface area contributed by atoms with Gasteiger partial charge in [-0.2, -0.15) is 4.98 Å². The number of aromatic nitrogens is 2. The van der Waals surface area contributed by atoms with Crippen molar-refractivity contribution in [3.05, 3.63) is 16.5 Å². The van der Waals surface area contributed by atoms with Crippen LogP contribution in [-0.2, 0) is 0 Å². The van der Waals surface area contributed by atoms with Gasteiger partial charge in [0.2, 0.25) is 5.88 Å². The zero-order valence-corrected chi connectivity index (χ0v) is 10.5. The van der Waals surface area contributed by atoms with Gasteiger partial charge in [0.15, 0.2) is 0 Å². The van der Waals surface area contributed by atoms with Crippen LogP contribution < -0.4 is 4.74 Å². The highest BCUT2D eigenvalue weighted by Crippen LogP contribution is 2.24. The van der Waals surface area contributed by atoms with Crippen LogP contribution in [0.1, 0.15) is 12.2 Å². The van der Waals surface area contributed by atoms with Crippen molar-refractivity contribution in [2.45, 2.75) is 19.4 Å². The summed E-state index contributed by atoms with van der Waals surface area (Å²) in [5.74, 6) is 1.39. The molecule has 0 spiro atoms. The fourth-order valence-electron chi connectivity index (χ4n) is 1.67. The average Bonchev–Trinajstić information content (AvgIpc) is 2.58. The maximum absolute atomic E-state index is 5.82. The largest absolute Gasteiger partial charge is 0.472 e. The van der Waals surface area contributed by atoms with Crippen LogP contribution in [0.2, 0.25) is 0 Å². The molecule has 0 aromatic carbocycles. The number of hydrogen-bond acceptors (Lipinski definition) is 4. The van der Waals surface area contributed by atoms with E-state index in [1.807, 2.05) is 6.92 Å². The van der Waals surface area contributed by atoms with E-state index >= 15 is 0 Å². The Morgan fingerprint density at radius 1 is 1.60 bits per heavy atom. The molecule has 1 unspecified atom stereocenters. The standard InChI is InChI=1S/C10H14BrN3O/c1-7-12-5-9(11)10(13-7)15-8-3-4-14(2)6-8/h5,8H,3-4,6H2,1-2H3. The van der Waals surface area contributed by atoms with Gasteiger partial charge in [0.1, 0.15) is 11.9 Å². The summed E-state index contributed by atoms with van der Waals surface area (Å²) in [6.45, 7) is 3.92. The van der Waals surface area contributed by atoms with Gasteiger partial charge in [-0.1, -0.05) is 0 Å². The highest BCUT2D eigenvalue weighted by Gasteiger charge is 2.22. The van der Waals surface area contributed by atoms with Crippen molar-refractivity contribution in [2.24, 2.45) is 0 Å². The van der Waals surface area contributed by atoms with Crippen LogP contribution in [0, 0.1) is 6.92 Å². The van der Waals surface area contributed by atoms with Gasteiger partial charge in [0.05, 0.1) is 4.47 Å². The second-order valence-corrected chi connectivity index (χ2v) is 4.72. The molecule has 1 atom stereocenters. The summed E-state index contributed by atoms with van der Waals surface area (Å²) in [6.07, 6.45) is 3.04. The summed E-state index contributed by atoms with van der Waals surface area (Å²) in [4.78, 5) is 10.6. The molecule has 1 aromatic heterocycles. The highest BCUT2D eigenvalue weighted by molar-refractivity contribution is 9.10. The Labute approximate surface area is 97.8 Å². The van der Waals surface area contributed by atoms with Crippen LogP contribution in [0.4, 0.5) is 0 Å². The lowest BCUT2D eigenvalue weighted by Gasteiger charge is -2.13. The van der Waals surface area contributed by atoms with Crippen LogP contribution >= 0.6 is 15.9 Å². The molecule has 1 aliphatic heterocycles. The topological polar surface area (TPSA) is 38.2 Å². The van der Waals surface area contributed by atoms with Crippen molar-refractivity contribution < 1.29 is 4.74 Å². The fourth-order valence-corrected chi connectivity index (χ4v) is 1.95. The van der Waals surface area contributed by atoms with E-state index in [-0.39, 0.29) is 6.10 Å². The molecule has 1 aliphatic rings. The van der Waals surface area contributed by atoms with E-state index in [4.69, 9.17) is 4.74 Å². The first kappa shape index (κ1) is 10.8. The molecule has 0 amide bonds. The maximum atomic E-state index is 5.82. The third kappa shape index (κ3) is 2.66. The van der Waals surface area contributed by atoms with Gasteiger partial charge >= 0.3 is 0 Å². The summed E-state index contributed by atoms with van der Waals surface area (Å²) in [5, 5.41) is 0. The van der Waals surface area contributed by atoms with Crippen molar-refractivity contribution >= 4 is 15.9 Å². The fraction of sp³-hybridized carbons (Fsp3) is 0.600. The molecule has 82 valence electrons. The summed E-state index contributed by atoms with van der Waals surface area (Å²) in [5.41, 5.74) is 0. The molecule has 1 fully saturated rings. The number of nitrogens with zero attached hydrogens (tertiary/aromatic N) is 3. The first-order valence-electron chi connectivity index (χ1n) is 4.99. The number of rotatable bonds is 2. The van der Waals surface area contributed by atoms with Gasteiger partial charge < -0.3 is 9.64 Å². The smallest absolute Gasteiger partial charge is 0.231 e. The normalized spacial score (nSPS) is 21.9. The minimum absolute atomic E-state index is 0.251. The van der Waals surface area contributed by atoms with E-state index in [2.05, 4.69) is 37.8 Å². The summed E-state index contributed by atoms with van der Waals surface area (Å²) < 4.78 is 6.64. The highest BCUT2D eigenvalue weighted by atomic mass is 79.9. The quantitative estimate of drug-likeness (QED) is 0.820. The summed E-state index contributed by atoms with van der Waals surface area (Å²) in [6, 6.07) is 0. The lowest BCUT2D eigenvalue weighted by molar-refractivity contribution is 0.198. The van der Waals surface area contributed by atoms with Crippen LogP contribution in [0.25, 0.3) is 0 Å². The van der Waals surface area contributed by atoms with Gasteiger partial charge in [0.25, 0.3) is 0 Å². The maximum Gasteiger partial charge on any atom is 0.231 e. The molecule has 1 saturated heterocycles. The van der Waals surface area contributed by atoms with Crippen LogP contribution in [0.5, 0.6) is 5.88 Å². The SMILES string of the molecule is Cc1ncc(Br)c(OC2CCN(C)C2)n1. The van der Waals surface area contributed by atoms with Crippen molar-refractivity contribution in [3.63, 3.8) is 0 Å². The van der Waals surface area contributed by atoms with E-state index in [0.717, 1.165) is 29.8 Å². The summed E-state index contributed by atoms with van der Waals surface area (Å²) in [7, 11) is 2.10. The Hall–Kier alpha value is -0.680. The number of halogens is 1. The predicted molar refractivity (Wildman–Crippen MR) is 61.0 cm³/mol. The first-order chi connectivity index (χ1) is 7.15. The molecular formula is C10H14BrN3O. The molecule has 15 heavy (non-hydrogen) atoms. The Kier molecular flexibility index (Phi) is 3.21. The first-order valence-corrected chi connectivity index (χ1v) is 5.79. The molecular weight excluding hydrogens is 258 g/mol. The molecule has 0 saturated carbocycles. The lowest BCUT2D eigenvalue weighted by atomic mass is 10.3. The van der Waals surface area contributed by atoms with Gasteiger partial charge in [-0.15, -0.1) is 0 Å². The van der Waals surface area contributed by atoms with E-state index in [9.17, 15) is 0 Å². The Morgan fingerprint density at radius 2 is 2.40 bits per heavy atom. The molecule has 2 heterocycles. The van der Waals surface area contributed by atoms with E-state index < -0.39 is 0 Å². The van der Waals surface area contributed by atoms with Crippen molar-refractivity contribution in [3.8, 4) is 5.88 Å². The Bertz CT molecular complexity index is 359. The number of likely N-dealkylation sites (tertiary alicyclic amines) is 1. The molecule has 1 aromatic rings. The molecule has 2 rings (SSSR count). The third-order valence-corrected chi connectivity index (χ3v) is 3.00. The minimum Gasteiger partial charge on any atom is -0.472 e. The number of aryl methyl sites for hydroxylation is 1. The molecule has 5 heteroatoms. The lowest BCUT2D eigenvalue weighted by Crippen LogP contribution is -2.22. The molecule has 0 bridgehead atoms. The monoisotopic (exact) mass is 271 g/mol. The van der Waals surface area contributed by atoms with Crippen LogP contribution in [-0.4, -0.2) is 41.1 Å². The second-order valence-electron chi connectivity index (χ2n) is 3.86. The Morgan fingerprint density at radius 3 is 3.07 bits per heavy atom. The van der Waals surface area contributed by atoms with E-state index in [0.29, 0.717) is 5.88 Å². The average molecular weight is 272 g/mol. The molecule has 0 N–H and O–H groups in total. The van der Waals surface area contributed by atoms with Crippen molar-refractivity contribution in [1.29, 1.82) is 0 Å². The van der Waals surface area contributed by atoms with E-state index in [1.54, 1.807) is 6.20 Å². The second kappa shape index (κ2) is 4.45. The number of hydrogen-bond donors (Lipinski definition) is 0. The summed E-state index contributed by atoms with van der Waals surface area (Å²) >= 11 is 3.39. The molecule has 0 aliphatic carbocycles. The van der Waals surface area contributed by atoms with Crippen LogP contribution in [0.15, 0.2) is 10.7 Å². The zero-order chi connectivity index (χ0) is 10.8. The number of likely N-dealkylation sites (N-methyl/N-ethyl adjacent to an activating group) is 1. The van der Waals surface area contributed by atoms with Crippen molar-refractivity contribution in [2.75, 3.05) is 20.1 Å². The minimum atomic E-state index is 0.251. The molecule has 4 nitrogen and oxygen atoms in total. The van der Waals surface area contributed by atoms with Gasteiger partial charge in [-0.3, -0.25) is 0 Å². The number of ether oxygens (including phenoxy) is 1. The zero-order valence-electron chi connectivity index (χ0n) is 8.90. The van der Waals surface area contributed by atoms with Gasteiger partial charge in [0, 0.05) is 19.3 Å². The van der Waals surface area contributed by atoms with E-state index in [1.165, 1.54) is 0 Å². The van der Waals surface area contributed by atoms with Gasteiger partial charge in [-0.25, -0.2) is 4.98 Å². The third-order valence-electron chi connectivity index (χ3n) is 2.46. The Balaban J connectivity index is 2.07. The van der Waals surface area contributed by atoms with Gasteiger partial charge in [-0.05, 0) is 36.3 Å². The van der Waals surface area contributed by atoms with Crippen molar-refractivity contribution in [1.82, 2.24) is 14.9 Å². The molecule has 0 radical (unpaired) electrons. The predicted octanol–water partition coefficient (Wildman–Crippen LogP) is 1.63.